The molecule has 1 aromatic carbocycles. The summed E-state index contributed by atoms with van der Waals surface area (Å²) < 4.78 is 6.04. The molecule has 0 aliphatic rings. The molecule has 2 aromatic rings. The maximum absolute atomic E-state index is 11.0. The summed E-state index contributed by atoms with van der Waals surface area (Å²) in [5.41, 5.74) is 2.72. The fraction of sp³-hybridized carbons (Fsp3) is 0.471. The Morgan fingerprint density at radius 3 is 2.58 bits per heavy atom. The zero-order valence-corrected chi connectivity index (χ0v) is 14.5. The molecule has 7 nitrogen and oxygen atoms in total. The molecule has 0 radical (unpaired) electrons. The molecule has 0 aliphatic carbocycles. The lowest BCUT2D eigenvalue weighted by Crippen LogP contribution is -2.22. The van der Waals surface area contributed by atoms with Crippen LogP contribution in [0.5, 0.6) is 0 Å². The molecule has 1 unspecified atom stereocenters. The first-order valence-electron chi connectivity index (χ1n) is 7.79. The van der Waals surface area contributed by atoms with Gasteiger partial charge in [-0.05, 0) is 16.5 Å². The smallest absolute Gasteiger partial charge is 0.407 e. The average Bonchev–Trinajstić information content (AvgIpc) is 2.99. The van der Waals surface area contributed by atoms with E-state index in [-0.39, 0.29) is 12.0 Å². The third-order valence-corrected chi connectivity index (χ3v) is 3.71. The van der Waals surface area contributed by atoms with E-state index in [1.165, 1.54) is 12.7 Å². The SMILES string of the molecule is COC(=O)NCc1cn(CC(O)c2ccc(C(C)(C)C)cc2)nn1. The van der Waals surface area contributed by atoms with Crippen molar-refractivity contribution in [1.82, 2.24) is 20.3 Å². The maximum Gasteiger partial charge on any atom is 0.407 e. The van der Waals surface area contributed by atoms with Gasteiger partial charge in [-0.1, -0.05) is 50.3 Å². The number of aromatic nitrogens is 3. The molecule has 0 aliphatic heterocycles. The van der Waals surface area contributed by atoms with Gasteiger partial charge in [-0.15, -0.1) is 5.10 Å². The van der Waals surface area contributed by atoms with E-state index in [1.807, 2.05) is 24.3 Å². The molecule has 1 heterocycles. The summed E-state index contributed by atoms with van der Waals surface area (Å²) >= 11 is 0. The molecule has 2 N–H and O–H groups in total. The van der Waals surface area contributed by atoms with Crippen molar-refractivity contribution < 1.29 is 14.6 Å². The van der Waals surface area contributed by atoms with E-state index in [4.69, 9.17) is 0 Å². The maximum atomic E-state index is 11.0. The van der Waals surface area contributed by atoms with Crippen molar-refractivity contribution >= 4 is 6.09 Å². The quantitative estimate of drug-likeness (QED) is 0.876. The highest BCUT2D eigenvalue weighted by Gasteiger charge is 2.15. The number of aliphatic hydroxyl groups excluding tert-OH is 1. The van der Waals surface area contributed by atoms with Gasteiger partial charge in [-0.25, -0.2) is 9.48 Å². The van der Waals surface area contributed by atoms with E-state index in [2.05, 4.69) is 41.1 Å². The number of methoxy groups -OCH3 is 1. The van der Waals surface area contributed by atoms with E-state index in [9.17, 15) is 9.90 Å². The summed E-state index contributed by atoms with van der Waals surface area (Å²) in [6, 6.07) is 7.93. The zero-order chi connectivity index (χ0) is 17.7. The summed E-state index contributed by atoms with van der Waals surface area (Å²) in [7, 11) is 1.30. The number of ether oxygens (including phenoxy) is 1. The Balaban J connectivity index is 1.96. The van der Waals surface area contributed by atoms with Crippen LogP contribution >= 0.6 is 0 Å². The van der Waals surface area contributed by atoms with Crippen molar-refractivity contribution in [2.75, 3.05) is 7.11 Å². The van der Waals surface area contributed by atoms with E-state index < -0.39 is 12.2 Å². The fourth-order valence-electron chi connectivity index (χ4n) is 2.23. The van der Waals surface area contributed by atoms with Gasteiger partial charge in [-0.2, -0.15) is 0 Å². The number of benzene rings is 1. The molecule has 1 amide bonds. The van der Waals surface area contributed by atoms with Gasteiger partial charge in [0.25, 0.3) is 0 Å². The highest BCUT2D eigenvalue weighted by Crippen LogP contribution is 2.24. The number of hydrogen-bond acceptors (Lipinski definition) is 5. The summed E-state index contributed by atoms with van der Waals surface area (Å²) in [5.74, 6) is 0. The lowest BCUT2D eigenvalue weighted by atomic mass is 9.86. The fourth-order valence-corrected chi connectivity index (χ4v) is 2.23. The Morgan fingerprint density at radius 2 is 2.00 bits per heavy atom. The van der Waals surface area contributed by atoms with Crippen molar-refractivity contribution in [1.29, 1.82) is 0 Å². The van der Waals surface area contributed by atoms with Crippen LogP contribution in [0, 0.1) is 0 Å². The normalized spacial score (nSPS) is 12.7. The van der Waals surface area contributed by atoms with Crippen LogP contribution in [0.25, 0.3) is 0 Å². The molecular weight excluding hydrogens is 308 g/mol. The average molecular weight is 332 g/mol. The number of nitrogens with zero attached hydrogens (tertiary/aromatic N) is 3. The molecule has 24 heavy (non-hydrogen) atoms. The largest absolute Gasteiger partial charge is 0.453 e. The van der Waals surface area contributed by atoms with E-state index in [0.717, 1.165) is 5.56 Å². The topological polar surface area (TPSA) is 89.3 Å². The second kappa shape index (κ2) is 7.44. The van der Waals surface area contributed by atoms with Crippen LogP contribution in [0.2, 0.25) is 0 Å². The summed E-state index contributed by atoms with van der Waals surface area (Å²) in [6.45, 7) is 6.97. The highest BCUT2D eigenvalue weighted by molar-refractivity contribution is 5.66. The van der Waals surface area contributed by atoms with E-state index in [1.54, 1.807) is 10.9 Å². The van der Waals surface area contributed by atoms with Gasteiger partial charge in [0.05, 0.1) is 32.5 Å². The predicted octanol–water partition coefficient (Wildman–Crippen LogP) is 2.17. The number of rotatable bonds is 5. The van der Waals surface area contributed by atoms with Crippen molar-refractivity contribution in [3.8, 4) is 0 Å². The Morgan fingerprint density at radius 1 is 1.33 bits per heavy atom. The van der Waals surface area contributed by atoms with Gasteiger partial charge >= 0.3 is 6.09 Å². The monoisotopic (exact) mass is 332 g/mol. The van der Waals surface area contributed by atoms with Crippen molar-refractivity contribution in [2.45, 2.75) is 45.4 Å². The van der Waals surface area contributed by atoms with Gasteiger partial charge in [0, 0.05) is 0 Å². The molecule has 0 spiro atoms. The molecule has 2 rings (SSSR count). The first-order valence-corrected chi connectivity index (χ1v) is 7.79. The first kappa shape index (κ1) is 17.9. The van der Waals surface area contributed by atoms with Crippen molar-refractivity contribution in [3.63, 3.8) is 0 Å². The van der Waals surface area contributed by atoms with Gasteiger partial charge in [-0.3, -0.25) is 0 Å². The minimum atomic E-state index is -0.679. The van der Waals surface area contributed by atoms with Crippen LogP contribution in [-0.2, 0) is 23.2 Å². The second-order valence-electron chi connectivity index (χ2n) is 6.66. The van der Waals surface area contributed by atoms with Crippen LogP contribution in [0.3, 0.4) is 0 Å². The Bertz CT molecular complexity index is 674. The zero-order valence-electron chi connectivity index (χ0n) is 14.5. The third-order valence-electron chi connectivity index (χ3n) is 3.71. The minimum Gasteiger partial charge on any atom is -0.453 e. The molecule has 0 bridgehead atoms. The summed E-state index contributed by atoms with van der Waals surface area (Å²) in [5, 5.41) is 20.8. The number of amides is 1. The molecular formula is C17H24N4O3. The summed E-state index contributed by atoms with van der Waals surface area (Å²) in [6.07, 6.45) is 0.480. The van der Waals surface area contributed by atoms with Crippen LogP contribution in [0.4, 0.5) is 4.79 Å². The minimum absolute atomic E-state index is 0.0803. The van der Waals surface area contributed by atoms with Crippen LogP contribution in [0.1, 0.15) is 43.7 Å². The standard InChI is InChI=1S/C17H24N4O3/c1-17(2,3)13-7-5-12(6-8-13)15(22)11-21-10-14(19-20-21)9-18-16(23)24-4/h5-8,10,15,22H,9,11H2,1-4H3,(H,18,23). The highest BCUT2D eigenvalue weighted by atomic mass is 16.5. The van der Waals surface area contributed by atoms with E-state index in [0.29, 0.717) is 12.2 Å². The van der Waals surface area contributed by atoms with Crippen LogP contribution < -0.4 is 5.32 Å². The first-order chi connectivity index (χ1) is 11.3. The molecule has 7 heteroatoms. The number of carbonyl (C=O) groups excluding carboxylic acids is 1. The van der Waals surface area contributed by atoms with Gasteiger partial charge < -0.3 is 15.2 Å². The number of carbonyl (C=O) groups is 1. The number of hydrogen-bond donors (Lipinski definition) is 2. The van der Waals surface area contributed by atoms with Crippen LogP contribution in [0.15, 0.2) is 30.5 Å². The molecule has 1 atom stereocenters. The lowest BCUT2D eigenvalue weighted by Gasteiger charge is -2.20. The van der Waals surface area contributed by atoms with Gasteiger partial charge in [0.15, 0.2) is 0 Å². The van der Waals surface area contributed by atoms with Gasteiger partial charge in [0.1, 0.15) is 5.69 Å². The lowest BCUT2D eigenvalue weighted by molar-refractivity contribution is 0.150. The Labute approximate surface area is 141 Å². The molecule has 0 saturated carbocycles. The van der Waals surface area contributed by atoms with Crippen molar-refractivity contribution in [3.05, 3.63) is 47.3 Å². The number of alkyl carbamates (subject to hydrolysis) is 1. The number of aliphatic hydroxyl groups is 1. The number of nitrogens with one attached hydrogen (secondary N) is 1. The Hall–Kier alpha value is -2.41. The molecule has 0 fully saturated rings. The van der Waals surface area contributed by atoms with E-state index >= 15 is 0 Å². The molecule has 0 saturated heterocycles. The molecule has 1 aromatic heterocycles. The van der Waals surface area contributed by atoms with Gasteiger partial charge in [0.2, 0.25) is 0 Å². The van der Waals surface area contributed by atoms with Crippen molar-refractivity contribution in [2.24, 2.45) is 0 Å². The van der Waals surface area contributed by atoms with Crippen LogP contribution in [-0.4, -0.2) is 33.3 Å². The summed E-state index contributed by atoms with van der Waals surface area (Å²) in [4.78, 5) is 11.0. The third kappa shape index (κ3) is 4.79. The molecule has 130 valence electrons. The second-order valence-corrected chi connectivity index (χ2v) is 6.66. The Kier molecular flexibility index (Phi) is 5.56. The predicted molar refractivity (Wildman–Crippen MR) is 89.4 cm³/mol.